The van der Waals surface area contributed by atoms with Crippen LogP contribution in [-0.4, -0.2) is 28.1 Å². The molecule has 8 heteroatoms. The number of nitrogens with zero attached hydrogens (tertiary/aromatic N) is 2. The second-order valence-corrected chi connectivity index (χ2v) is 6.66. The number of nitrogens with one attached hydrogen (secondary N) is 1. The zero-order valence-corrected chi connectivity index (χ0v) is 14.2. The van der Waals surface area contributed by atoms with Gasteiger partial charge in [0.15, 0.2) is 5.25 Å². The lowest BCUT2D eigenvalue weighted by molar-refractivity contribution is -0.146. The minimum atomic E-state index is -4.71. The normalized spacial score (nSPS) is 15.2. The van der Waals surface area contributed by atoms with Gasteiger partial charge in [-0.05, 0) is 17.7 Å². The minimum absolute atomic E-state index is 0.161. The Morgan fingerprint density at radius 3 is 2.23 bits per heavy atom. The SMILES string of the molecule is O=C(Nc1ccccc1)C(SC1=NN=C(c2ccccc2)C1)C(F)(F)F. The number of benzene rings is 2. The molecule has 0 spiro atoms. The Morgan fingerprint density at radius 1 is 1.00 bits per heavy atom. The largest absolute Gasteiger partial charge is 0.409 e. The van der Waals surface area contributed by atoms with Gasteiger partial charge < -0.3 is 5.32 Å². The Bertz CT molecular complexity index is 836. The van der Waals surface area contributed by atoms with Crippen molar-refractivity contribution in [3.05, 3.63) is 66.2 Å². The molecule has 1 N–H and O–H groups in total. The maximum atomic E-state index is 13.4. The smallest absolute Gasteiger partial charge is 0.325 e. The van der Waals surface area contributed by atoms with Crippen molar-refractivity contribution in [3.8, 4) is 0 Å². The number of carbonyl (C=O) groups excluding carboxylic acids is 1. The molecule has 0 bridgehead atoms. The zero-order valence-electron chi connectivity index (χ0n) is 13.4. The van der Waals surface area contributed by atoms with E-state index in [1.807, 2.05) is 30.3 Å². The maximum Gasteiger partial charge on any atom is 0.409 e. The average molecular weight is 377 g/mol. The van der Waals surface area contributed by atoms with E-state index in [9.17, 15) is 18.0 Å². The molecule has 0 saturated carbocycles. The van der Waals surface area contributed by atoms with Crippen molar-refractivity contribution in [2.24, 2.45) is 10.2 Å². The number of halogens is 3. The molecule has 1 unspecified atom stereocenters. The molecule has 1 atom stereocenters. The standard InChI is InChI=1S/C18H14F3N3OS/c19-18(20,21)16(17(25)22-13-9-5-2-6-10-13)26-15-11-14(23-24-15)12-7-3-1-4-8-12/h1-10,16H,11H2,(H,22,25). The van der Waals surface area contributed by atoms with E-state index in [0.29, 0.717) is 23.2 Å². The van der Waals surface area contributed by atoms with E-state index < -0.39 is 17.3 Å². The number of hydrogen-bond acceptors (Lipinski definition) is 4. The van der Waals surface area contributed by atoms with Crippen molar-refractivity contribution in [1.82, 2.24) is 0 Å². The Balaban J connectivity index is 1.68. The maximum absolute atomic E-state index is 13.4. The van der Waals surface area contributed by atoms with E-state index in [1.54, 1.807) is 18.2 Å². The second-order valence-electron chi connectivity index (χ2n) is 5.48. The molecule has 134 valence electrons. The topological polar surface area (TPSA) is 53.8 Å². The van der Waals surface area contributed by atoms with E-state index in [0.717, 1.165) is 5.56 Å². The van der Waals surface area contributed by atoms with Crippen molar-refractivity contribution < 1.29 is 18.0 Å². The average Bonchev–Trinajstić information content (AvgIpc) is 3.09. The van der Waals surface area contributed by atoms with Crippen LogP contribution in [0.4, 0.5) is 18.9 Å². The van der Waals surface area contributed by atoms with E-state index in [4.69, 9.17) is 0 Å². The summed E-state index contributed by atoms with van der Waals surface area (Å²) in [6.07, 6.45) is -4.54. The highest BCUT2D eigenvalue weighted by Crippen LogP contribution is 2.34. The number of amides is 1. The fourth-order valence-corrected chi connectivity index (χ4v) is 3.20. The van der Waals surface area contributed by atoms with Crippen molar-refractivity contribution in [1.29, 1.82) is 0 Å². The van der Waals surface area contributed by atoms with Crippen LogP contribution in [0.2, 0.25) is 0 Å². The molecule has 4 nitrogen and oxygen atoms in total. The third kappa shape index (κ3) is 4.51. The predicted octanol–water partition coefficient (Wildman–Crippen LogP) is 4.50. The van der Waals surface area contributed by atoms with Crippen LogP contribution < -0.4 is 5.32 Å². The summed E-state index contributed by atoms with van der Waals surface area (Å²) in [4.78, 5) is 12.2. The molecule has 1 amide bonds. The van der Waals surface area contributed by atoms with Gasteiger partial charge in [0.2, 0.25) is 5.91 Å². The first-order valence-corrected chi connectivity index (χ1v) is 8.59. The molecule has 0 fully saturated rings. The van der Waals surface area contributed by atoms with Crippen LogP contribution in [-0.2, 0) is 4.79 Å². The summed E-state index contributed by atoms with van der Waals surface area (Å²) in [5.74, 6) is -1.13. The molecule has 2 aromatic rings. The molecule has 0 radical (unpaired) electrons. The summed E-state index contributed by atoms with van der Waals surface area (Å²) >= 11 is 0.383. The van der Waals surface area contributed by atoms with Crippen LogP contribution >= 0.6 is 11.8 Å². The number of anilines is 1. The Morgan fingerprint density at radius 2 is 1.62 bits per heavy atom. The minimum Gasteiger partial charge on any atom is -0.325 e. The van der Waals surface area contributed by atoms with E-state index in [1.165, 1.54) is 12.1 Å². The van der Waals surface area contributed by atoms with Crippen LogP contribution in [0.1, 0.15) is 12.0 Å². The Kier molecular flexibility index (Phi) is 5.41. The van der Waals surface area contributed by atoms with Crippen LogP contribution in [0, 0.1) is 0 Å². The highest BCUT2D eigenvalue weighted by molar-refractivity contribution is 8.15. The first-order valence-electron chi connectivity index (χ1n) is 7.71. The van der Waals surface area contributed by atoms with Crippen LogP contribution in [0.5, 0.6) is 0 Å². The molecule has 1 aliphatic rings. The quantitative estimate of drug-likeness (QED) is 0.853. The Labute approximate surface area is 152 Å². The van der Waals surface area contributed by atoms with Crippen molar-refractivity contribution in [3.63, 3.8) is 0 Å². The van der Waals surface area contributed by atoms with Gasteiger partial charge in [0.25, 0.3) is 0 Å². The molecule has 26 heavy (non-hydrogen) atoms. The molecule has 1 heterocycles. The summed E-state index contributed by atoms with van der Waals surface area (Å²) in [7, 11) is 0. The van der Waals surface area contributed by atoms with Crippen LogP contribution in [0.15, 0.2) is 70.9 Å². The summed E-state index contributed by atoms with van der Waals surface area (Å²) < 4.78 is 40.1. The first kappa shape index (κ1) is 18.2. The van der Waals surface area contributed by atoms with Gasteiger partial charge in [-0.3, -0.25) is 4.79 Å². The van der Waals surface area contributed by atoms with Crippen LogP contribution in [0.3, 0.4) is 0 Å². The lowest BCUT2D eigenvalue weighted by Crippen LogP contribution is -2.38. The third-order valence-electron chi connectivity index (χ3n) is 3.54. The molecule has 3 rings (SSSR count). The Hall–Kier alpha value is -2.61. The van der Waals surface area contributed by atoms with Crippen molar-refractivity contribution >= 4 is 34.1 Å². The summed E-state index contributed by atoms with van der Waals surface area (Å²) in [6, 6.07) is 17.1. The van der Waals surface area contributed by atoms with E-state index in [-0.39, 0.29) is 11.5 Å². The summed E-state index contributed by atoms with van der Waals surface area (Å²) in [5, 5.41) is 7.97. The van der Waals surface area contributed by atoms with Gasteiger partial charge in [-0.25, -0.2) is 0 Å². The van der Waals surface area contributed by atoms with Gasteiger partial charge in [-0.1, -0.05) is 60.3 Å². The zero-order chi connectivity index (χ0) is 18.6. The van der Waals surface area contributed by atoms with E-state index in [2.05, 4.69) is 15.5 Å². The molecular formula is C18H14F3N3OS. The number of hydrogen-bond donors (Lipinski definition) is 1. The van der Waals surface area contributed by atoms with Gasteiger partial charge in [0.1, 0.15) is 5.04 Å². The van der Waals surface area contributed by atoms with Gasteiger partial charge >= 0.3 is 6.18 Å². The fourth-order valence-electron chi connectivity index (χ4n) is 2.32. The van der Waals surface area contributed by atoms with E-state index >= 15 is 0 Å². The predicted molar refractivity (Wildman–Crippen MR) is 97.5 cm³/mol. The van der Waals surface area contributed by atoms with Crippen molar-refractivity contribution in [2.45, 2.75) is 17.8 Å². The second kappa shape index (κ2) is 7.74. The lowest BCUT2D eigenvalue weighted by Gasteiger charge is -2.19. The van der Waals surface area contributed by atoms with Crippen molar-refractivity contribution in [2.75, 3.05) is 5.32 Å². The molecule has 0 aromatic heterocycles. The van der Waals surface area contributed by atoms with Crippen LogP contribution in [0.25, 0.3) is 0 Å². The summed E-state index contributed by atoms with van der Waals surface area (Å²) in [5.41, 5.74) is 1.68. The highest BCUT2D eigenvalue weighted by atomic mass is 32.2. The van der Waals surface area contributed by atoms with Gasteiger partial charge in [-0.2, -0.15) is 18.3 Å². The fraction of sp³-hybridized carbons (Fsp3) is 0.167. The number of carbonyl (C=O) groups is 1. The lowest BCUT2D eigenvalue weighted by atomic mass is 10.1. The molecule has 0 saturated heterocycles. The number of rotatable bonds is 4. The molecular weight excluding hydrogens is 363 g/mol. The van der Waals surface area contributed by atoms with Gasteiger partial charge in [0.05, 0.1) is 5.71 Å². The third-order valence-corrected chi connectivity index (χ3v) is 4.75. The monoisotopic (exact) mass is 377 g/mol. The first-order chi connectivity index (χ1) is 12.4. The summed E-state index contributed by atoms with van der Waals surface area (Å²) in [6.45, 7) is 0. The highest BCUT2D eigenvalue weighted by Gasteiger charge is 2.46. The number of para-hydroxylation sites is 1. The molecule has 2 aromatic carbocycles. The number of thioether (sulfide) groups is 1. The van der Waals surface area contributed by atoms with Gasteiger partial charge in [-0.15, -0.1) is 5.10 Å². The molecule has 0 aliphatic carbocycles. The number of alkyl halides is 3. The molecule has 1 aliphatic heterocycles. The van der Waals surface area contributed by atoms with Gasteiger partial charge in [0, 0.05) is 12.1 Å².